The maximum atomic E-state index is 12.9. The number of ether oxygens (including phenoxy) is 1. The van der Waals surface area contributed by atoms with Crippen LogP contribution in [0.2, 0.25) is 0 Å². The SMILES string of the molecule is CCN(CC)CCOc1ccc(Nc2cc3c(cn2)nc(-c2ccccc2)c(=O)n3C)cc1. The molecule has 170 valence electrons. The van der Waals surface area contributed by atoms with Crippen LogP contribution in [0.4, 0.5) is 11.5 Å². The molecule has 0 radical (unpaired) electrons. The summed E-state index contributed by atoms with van der Waals surface area (Å²) >= 11 is 0. The predicted octanol–water partition coefficient (Wildman–Crippen LogP) is 4.46. The lowest BCUT2D eigenvalue weighted by Crippen LogP contribution is -2.27. The van der Waals surface area contributed by atoms with Gasteiger partial charge in [0.2, 0.25) is 0 Å². The fraction of sp³-hybridized carbons (Fsp3) is 0.269. The third kappa shape index (κ3) is 5.21. The van der Waals surface area contributed by atoms with Gasteiger partial charge in [0.05, 0.1) is 11.7 Å². The maximum absolute atomic E-state index is 12.9. The van der Waals surface area contributed by atoms with Crippen molar-refractivity contribution in [2.45, 2.75) is 13.8 Å². The van der Waals surface area contributed by atoms with Crippen molar-refractivity contribution in [2.24, 2.45) is 7.05 Å². The van der Waals surface area contributed by atoms with Gasteiger partial charge in [-0.2, -0.15) is 0 Å². The van der Waals surface area contributed by atoms with Crippen molar-refractivity contribution < 1.29 is 4.74 Å². The predicted molar refractivity (Wildman–Crippen MR) is 133 cm³/mol. The van der Waals surface area contributed by atoms with Crippen LogP contribution in [0, 0.1) is 0 Å². The third-order valence-electron chi connectivity index (χ3n) is 5.71. The number of likely N-dealkylation sites (N-methyl/N-ethyl adjacent to an activating group) is 1. The van der Waals surface area contributed by atoms with Crippen LogP contribution < -0.4 is 15.6 Å². The van der Waals surface area contributed by atoms with Gasteiger partial charge in [-0.3, -0.25) is 4.79 Å². The lowest BCUT2D eigenvalue weighted by Gasteiger charge is -2.18. The van der Waals surface area contributed by atoms with Crippen molar-refractivity contribution in [3.05, 3.63) is 77.2 Å². The summed E-state index contributed by atoms with van der Waals surface area (Å²) in [7, 11) is 1.76. The molecule has 0 amide bonds. The summed E-state index contributed by atoms with van der Waals surface area (Å²) in [5.74, 6) is 1.47. The molecule has 0 unspecified atom stereocenters. The van der Waals surface area contributed by atoms with Gasteiger partial charge in [-0.05, 0) is 37.4 Å². The highest BCUT2D eigenvalue weighted by Crippen LogP contribution is 2.22. The molecule has 0 aliphatic carbocycles. The topological polar surface area (TPSA) is 72.3 Å². The van der Waals surface area contributed by atoms with Crippen molar-refractivity contribution in [3.8, 4) is 17.0 Å². The van der Waals surface area contributed by atoms with Crippen LogP contribution in [-0.4, -0.2) is 45.7 Å². The van der Waals surface area contributed by atoms with E-state index in [0.717, 1.165) is 36.6 Å². The van der Waals surface area contributed by atoms with Crippen LogP contribution in [0.3, 0.4) is 0 Å². The van der Waals surface area contributed by atoms with Crippen molar-refractivity contribution in [3.63, 3.8) is 0 Å². The Morgan fingerprint density at radius 1 is 1.03 bits per heavy atom. The first-order valence-corrected chi connectivity index (χ1v) is 11.2. The van der Waals surface area contributed by atoms with E-state index in [0.29, 0.717) is 29.2 Å². The van der Waals surface area contributed by atoms with Crippen molar-refractivity contribution in [2.75, 3.05) is 31.6 Å². The van der Waals surface area contributed by atoms with Crippen molar-refractivity contribution >= 4 is 22.5 Å². The maximum Gasteiger partial charge on any atom is 0.277 e. The Bertz CT molecular complexity index is 1270. The number of pyridine rings is 1. The van der Waals surface area contributed by atoms with E-state index in [2.05, 4.69) is 34.0 Å². The molecular formula is C26H29N5O2. The minimum atomic E-state index is -0.142. The summed E-state index contributed by atoms with van der Waals surface area (Å²) in [5.41, 5.74) is 3.34. The molecule has 0 saturated carbocycles. The molecule has 0 spiro atoms. The fourth-order valence-corrected chi connectivity index (χ4v) is 3.70. The quantitative estimate of drug-likeness (QED) is 0.412. The number of benzene rings is 2. The Morgan fingerprint density at radius 2 is 1.76 bits per heavy atom. The molecule has 4 aromatic rings. The molecule has 2 aromatic heterocycles. The van der Waals surface area contributed by atoms with E-state index < -0.39 is 0 Å². The van der Waals surface area contributed by atoms with Crippen LogP contribution >= 0.6 is 0 Å². The lowest BCUT2D eigenvalue weighted by atomic mass is 10.1. The summed E-state index contributed by atoms with van der Waals surface area (Å²) in [6, 6.07) is 19.1. The highest BCUT2D eigenvalue weighted by molar-refractivity contribution is 5.80. The molecule has 0 aliphatic heterocycles. The first kappa shape index (κ1) is 22.5. The van der Waals surface area contributed by atoms with Crippen LogP contribution in [0.15, 0.2) is 71.7 Å². The van der Waals surface area contributed by atoms with E-state index in [9.17, 15) is 4.79 Å². The molecule has 0 fully saturated rings. The largest absolute Gasteiger partial charge is 0.492 e. The van der Waals surface area contributed by atoms with Gasteiger partial charge in [-0.15, -0.1) is 0 Å². The first-order chi connectivity index (χ1) is 16.1. The molecule has 1 N–H and O–H groups in total. The Hall–Kier alpha value is -3.71. The number of nitrogens with zero attached hydrogens (tertiary/aromatic N) is 4. The van der Waals surface area contributed by atoms with Crippen LogP contribution in [0.5, 0.6) is 5.75 Å². The van der Waals surface area contributed by atoms with Gasteiger partial charge in [0.15, 0.2) is 0 Å². The summed E-state index contributed by atoms with van der Waals surface area (Å²) in [5, 5.41) is 3.29. The number of hydrogen-bond donors (Lipinski definition) is 1. The molecular weight excluding hydrogens is 414 g/mol. The zero-order valence-electron chi connectivity index (χ0n) is 19.3. The van der Waals surface area contributed by atoms with Crippen LogP contribution in [-0.2, 0) is 7.05 Å². The number of rotatable bonds is 9. The van der Waals surface area contributed by atoms with E-state index in [1.807, 2.05) is 60.7 Å². The lowest BCUT2D eigenvalue weighted by molar-refractivity contribution is 0.223. The number of anilines is 2. The average molecular weight is 444 g/mol. The average Bonchev–Trinajstić information content (AvgIpc) is 2.86. The second-order valence-electron chi connectivity index (χ2n) is 7.77. The van der Waals surface area contributed by atoms with Crippen LogP contribution in [0.1, 0.15) is 13.8 Å². The van der Waals surface area contributed by atoms with Gasteiger partial charge >= 0.3 is 0 Å². The second kappa shape index (κ2) is 10.3. The number of aryl methyl sites for hydroxylation is 1. The molecule has 4 rings (SSSR count). The van der Waals surface area contributed by atoms with E-state index in [-0.39, 0.29) is 5.56 Å². The molecule has 7 heteroatoms. The molecule has 7 nitrogen and oxygen atoms in total. The number of nitrogens with one attached hydrogen (secondary N) is 1. The summed E-state index contributed by atoms with van der Waals surface area (Å²) in [4.78, 5) is 24.3. The van der Waals surface area contributed by atoms with Crippen molar-refractivity contribution in [1.82, 2.24) is 19.4 Å². The molecule has 0 atom stereocenters. The molecule has 2 heterocycles. The highest BCUT2D eigenvalue weighted by Gasteiger charge is 2.12. The fourth-order valence-electron chi connectivity index (χ4n) is 3.70. The van der Waals surface area contributed by atoms with Gasteiger partial charge in [0.1, 0.15) is 29.4 Å². The molecule has 2 aromatic carbocycles. The van der Waals surface area contributed by atoms with E-state index in [1.54, 1.807) is 17.8 Å². The monoisotopic (exact) mass is 443 g/mol. The van der Waals surface area contributed by atoms with E-state index in [4.69, 9.17) is 4.74 Å². The first-order valence-electron chi connectivity index (χ1n) is 11.2. The van der Waals surface area contributed by atoms with Crippen molar-refractivity contribution in [1.29, 1.82) is 0 Å². The summed E-state index contributed by atoms with van der Waals surface area (Å²) in [6.07, 6.45) is 1.69. The Balaban J connectivity index is 1.49. The molecule has 0 aliphatic rings. The number of fused-ring (bicyclic) bond motifs is 1. The molecule has 33 heavy (non-hydrogen) atoms. The molecule has 0 bridgehead atoms. The smallest absolute Gasteiger partial charge is 0.277 e. The summed E-state index contributed by atoms with van der Waals surface area (Å²) in [6.45, 7) is 7.92. The van der Waals surface area contributed by atoms with E-state index >= 15 is 0 Å². The Labute approximate surface area is 193 Å². The van der Waals surface area contributed by atoms with Gasteiger partial charge in [0, 0.05) is 30.9 Å². The Kier molecular flexibility index (Phi) is 7.00. The van der Waals surface area contributed by atoms with Gasteiger partial charge in [-0.25, -0.2) is 9.97 Å². The van der Waals surface area contributed by atoms with Crippen LogP contribution in [0.25, 0.3) is 22.3 Å². The zero-order valence-corrected chi connectivity index (χ0v) is 19.3. The van der Waals surface area contributed by atoms with Gasteiger partial charge < -0.3 is 19.5 Å². The molecule has 0 saturated heterocycles. The highest BCUT2D eigenvalue weighted by atomic mass is 16.5. The summed E-state index contributed by atoms with van der Waals surface area (Å²) < 4.78 is 7.46. The normalized spacial score (nSPS) is 11.2. The van der Waals surface area contributed by atoms with Gasteiger partial charge in [-0.1, -0.05) is 44.2 Å². The second-order valence-corrected chi connectivity index (χ2v) is 7.77. The third-order valence-corrected chi connectivity index (χ3v) is 5.71. The number of hydrogen-bond acceptors (Lipinski definition) is 6. The van der Waals surface area contributed by atoms with Gasteiger partial charge in [0.25, 0.3) is 5.56 Å². The Morgan fingerprint density at radius 3 is 2.45 bits per heavy atom. The standard InChI is InChI=1S/C26H29N5O2/c1-4-31(5-2)15-16-33-21-13-11-20(12-14-21)28-24-17-23-22(18-27-24)29-25(26(32)30(23)3)19-9-7-6-8-10-19/h6-14,17-18H,4-5,15-16H2,1-3H3,(H,27,28). The zero-order chi connectivity index (χ0) is 23.2. The minimum absolute atomic E-state index is 0.142. The minimum Gasteiger partial charge on any atom is -0.492 e. The number of aromatic nitrogens is 3. The van der Waals surface area contributed by atoms with E-state index in [1.165, 1.54) is 0 Å².